The second kappa shape index (κ2) is 14.4. The third kappa shape index (κ3) is 9.68. The van der Waals surface area contributed by atoms with Crippen LogP contribution < -0.4 is 16.0 Å². The van der Waals surface area contributed by atoms with Gasteiger partial charge in [0.05, 0.1) is 23.5 Å². The highest BCUT2D eigenvalue weighted by Crippen LogP contribution is 2.33. The van der Waals surface area contributed by atoms with E-state index in [0.29, 0.717) is 11.3 Å². The van der Waals surface area contributed by atoms with E-state index in [1.54, 1.807) is 51.1 Å². The fourth-order valence-electron chi connectivity index (χ4n) is 4.95. The third-order valence-electron chi connectivity index (χ3n) is 7.33. The molecule has 4 amide bonds. The Hall–Kier alpha value is -4.63. The maximum atomic E-state index is 13.6. The number of benzene rings is 2. The van der Waals surface area contributed by atoms with E-state index in [2.05, 4.69) is 21.0 Å². The van der Waals surface area contributed by atoms with Crippen molar-refractivity contribution in [1.82, 2.24) is 25.3 Å². The quantitative estimate of drug-likeness (QED) is 0.257. The van der Waals surface area contributed by atoms with Crippen molar-refractivity contribution in [2.75, 3.05) is 32.1 Å². The minimum atomic E-state index is -4.63. The largest absolute Gasteiger partial charge is 0.444 e. The van der Waals surface area contributed by atoms with E-state index in [1.165, 1.54) is 34.9 Å². The molecule has 4 N–H and O–H groups in total. The van der Waals surface area contributed by atoms with E-state index in [9.17, 15) is 32.7 Å². The lowest BCUT2D eigenvalue weighted by Gasteiger charge is -2.38. The first kappa shape index (κ1) is 35.2. The van der Waals surface area contributed by atoms with Gasteiger partial charge in [-0.1, -0.05) is 30.3 Å². The number of urea groups is 1. The second-order valence-corrected chi connectivity index (χ2v) is 12.3. The summed E-state index contributed by atoms with van der Waals surface area (Å²) in [5.41, 5.74) is -2.02. The number of likely N-dealkylation sites (tertiary alicyclic amines) is 1. The molecule has 0 bridgehead atoms. The molecule has 1 aliphatic heterocycles. The first-order valence-corrected chi connectivity index (χ1v) is 14.9. The molecule has 3 aromatic rings. The van der Waals surface area contributed by atoms with Gasteiger partial charge in [-0.25, -0.2) is 14.3 Å². The summed E-state index contributed by atoms with van der Waals surface area (Å²) in [6, 6.07) is 12.7. The molecule has 0 spiro atoms. The number of carbonyl (C=O) groups is 3. The van der Waals surface area contributed by atoms with Crippen molar-refractivity contribution in [1.29, 1.82) is 0 Å². The molecule has 15 heteroatoms. The van der Waals surface area contributed by atoms with Crippen molar-refractivity contribution in [3.63, 3.8) is 0 Å². The standard InChI is InChI=1S/C32H39F3N6O6/c1-30(2,3)47-29(44)40-14-12-31(45,13-15-40)20-37-27(42)25-17-26(41(39-25)23-8-6-5-7-9-23)38-28(43)36-18-22-16-21(19-46-4)10-11-24(22)32(33,34)35/h5-11,16-17,45H,12-15,18-20H2,1-4H3,(H,37,42)(H2,36,38,43). The summed E-state index contributed by atoms with van der Waals surface area (Å²) in [6.07, 6.45) is -4.68. The number of amides is 4. The van der Waals surface area contributed by atoms with E-state index in [-0.39, 0.29) is 56.2 Å². The number of methoxy groups -OCH3 is 1. The number of aromatic nitrogens is 2. The molecule has 254 valence electrons. The SMILES string of the molecule is COCc1ccc(C(F)(F)F)c(CNC(=O)Nc2cc(C(=O)NCC3(O)CCN(C(=O)OC(C)(C)C)CC3)nn2-c2ccccc2)c1. The van der Waals surface area contributed by atoms with Gasteiger partial charge in [0.25, 0.3) is 5.91 Å². The number of rotatable bonds is 9. The number of carbonyl (C=O) groups excluding carboxylic acids is 3. The molecule has 0 unspecified atom stereocenters. The Balaban J connectivity index is 1.43. The van der Waals surface area contributed by atoms with Gasteiger partial charge in [-0.05, 0) is 62.9 Å². The van der Waals surface area contributed by atoms with E-state index in [4.69, 9.17) is 9.47 Å². The van der Waals surface area contributed by atoms with Crippen molar-refractivity contribution >= 4 is 23.8 Å². The number of alkyl halides is 3. The Morgan fingerprint density at radius 3 is 2.30 bits per heavy atom. The Morgan fingerprint density at radius 1 is 1.00 bits per heavy atom. The van der Waals surface area contributed by atoms with Crippen LogP contribution in [0.5, 0.6) is 0 Å². The summed E-state index contributed by atoms with van der Waals surface area (Å²) in [4.78, 5) is 39.9. The molecule has 2 aromatic carbocycles. The summed E-state index contributed by atoms with van der Waals surface area (Å²) in [5.74, 6) is -0.552. The molecule has 0 saturated carbocycles. The number of piperidine rings is 1. The molecule has 0 radical (unpaired) electrons. The molecule has 0 atom stereocenters. The van der Waals surface area contributed by atoms with Crippen LogP contribution in [0.2, 0.25) is 0 Å². The fourth-order valence-corrected chi connectivity index (χ4v) is 4.95. The second-order valence-electron chi connectivity index (χ2n) is 12.3. The monoisotopic (exact) mass is 660 g/mol. The minimum Gasteiger partial charge on any atom is -0.444 e. The zero-order valence-corrected chi connectivity index (χ0v) is 26.6. The molecule has 12 nitrogen and oxygen atoms in total. The average molecular weight is 661 g/mol. The highest BCUT2D eigenvalue weighted by Gasteiger charge is 2.36. The molecule has 2 heterocycles. The zero-order valence-electron chi connectivity index (χ0n) is 26.6. The van der Waals surface area contributed by atoms with Crippen LogP contribution in [0.3, 0.4) is 0 Å². The van der Waals surface area contributed by atoms with Crippen LogP contribution in [0.25, 0.3) is 5.69 Å². The predicted molar refractivity (Wildman–Crippen MR) is 166 cm³/mol. The predicted octanol–water partition coefficient (Wildman–Crippen LogP) is 4.85. The summed E-state index contributed by atoms with van der Waals surface area (Å²) >= 11 is 0. The molecule has 1 fully saturated rings. The van der Waals surface area contributed by atoms with Crippen molar-refractivity contribution in [3.05, 3.63) is 77.0 Å². The van der Waals surface area contributed by atoms with Gasteiger partial charge >= 0.3 is 18.3 Å². The van der Waals surface area contributed by atoms with Gasteiger partial charge < -0.3 is 30.1 Å². The summed E-state index contributed by atoms with van der Waals surface area (Å²) in [6.45, 7) is 5.34. The first-order chi connectivity index (χ1) is 22.1. The van der Waals surface area contributed by atoms with Gasteiger partial charge in [0.15, 0.2) is 5.69 Å². The van der Waals surface area contributed by atoms with Gasteiger partial charge in [-0.3, -0.25) is 10.1 Å². The molecule has 1 aliphatic rings. The number of aliphatic hydroxyl groups is 1. The normalized spacial score (nSPS) is 14.8. The average Bonchev–Trinajstić information content (AvgIpc) is 3.42. The number of hydrogen-bond acceptors (Lipinski definition) is 7. The lowest BCUT2D eigenvalue weighted by Crippen LogP contribution is -2.52. The van der Waals surface area contributed by atoms with Crippen LogP contribution in [-0.4, -0.2) is 75.8 Å². The lowest BCUT2D eigenvalue weighted by molar-refractivity contribution is -0.138. The van der Waals surface area contributed by atoms with E-state index < -0.39 is 47.5 Å². The van der Waals surface area contributed by atoms with Crippen LogP contribution in [0.1, 0.15) is 60.8 Å². The lowest BCUT2D eigenvalue weighted by atomic mass is 9.91. The topological polar surface area (TPSA) is 147 Å². The molecule has 1 saturated heterocycles. The molecular weight excluding hydrogens is 621 g/mol. The Labute approximate surface area is 270 Å². The first-order valence-electron chi connectivity index (χ1n) is 14.9. The number of para-hydroxylation sites is 1. The van der Waals surface area contributed by atoms with Gasteiger partial charge in [0.1, 0.15) is 11.4 Å². The number of hydrogen-bond donors (Lipinski definition) is 4. The number of nitrogens with one attached hydrogen (secondary N) is 3. The van der Waals surface area contributed by atoms with Crippen LogP contribution in [0.4, 0.5) is 28.6 Å². The highest BCUT2D eigenvalue weighted by molar-refractivity contribution is 5.95. The summed E-state index contributed by atoms with van der Waals surface area (Å²) in [5, 5.41) is 23.1. The highest BCUT2D eigenvalue weighted by atomic mass is 19.4. The van der Waals surface area contributed by atoms with Crippen molar-refractivity contribution in [2.24, 2.45) is 0 Å². The number of ether oxygens (including phenoxy) is 2. The fraction of sp³-hybridized carbons (Fsp3) is 0.438. The number of nitrogens with zero attached hydrogens (tertiary/aromatic N) is 3. The molecule has 4 rings (SSSR count). The van der Waals surface area contributed by atoms with Crippen molar-refractivity contribution < 1.29 is 42.1 Å². The molecular formula is C32H39F3N6O6. The van der Waals surface area contributed by atoms with E-state index in [1.807, 2.05) is 0 Å². The number of halogens is 3. The molecule has 1 aromatic heterocycles. The van der Waals surface area contributed by atoms with Gasteiger partial charge in [-0.2, -0.15) is 18.3 Å². The van der Waals surface area contributed by atoms with Crippen LogP contribution in [0.15, 0.2) is 54.6 Å². The smallest absolute Gasteiger partial charge is 0.416 e. The van der Waals surface area contributed by atoms with E-state index >= 15 is 0 Å². The maximum Gasteiger partial charge on any atom is 0.416 e. The van der Waals surface area contributed by atoms with Crippen LogP contribution >= 0.6 is 0 Å². The maximum absolute atomic E-state index is 13.6. The Kier molecular flexibility index (Phi) is 10.8. The summed E-state index contributed by atoms with van der Waals surface area (Å²) in [7, 11) is 1.42. The van der Waals surface area contributed by atoms with E-state index in [0.717, 1.165) is 6.07 Å². The van der Waals surface area contributed by atoms with Crippen LogP contribution in [0, 0.1) is 0 Å². The third-order valence-corrected chi connectivity index (χ3v) is 7.33. The van der Waals surface area contributed by atoms with Crippen molar-refractivity contribution in [2.45, 2.75) is 64.1 Å². The van der Waals surface area contributed by atoms with Crippen LogP contribution in [-0.2, 0) is 28.8 Å². The minimum absolute atomic E-state index is 0.0763. The Bertz CT molecular complexity index is 1560. The van der Waals surface area contributed by atoms with Gasteiger partial charge in [-0.15, -0.1) is 0 Å². The van der Waals surface area contributed by atoms with Gasteiger partial charge in [0, 0.05) is 39.4 Å². The Morgan fingerprint density at radius 2 is 1.68 bits per heavy atom. The summed E-state index contributed by atoms with van der Waals surface area (Å²) < 4.78 is 52.6. The molecule has 0 aliphatic carbocycles. The van der Waals surface area contributed by atoms with Crippen molar-refractivity contribution in [3.8, 4) is 5.69 Å². The number of anilines is 1. The molecule has 47 heavy (non-hydrogen) atoms. The zero-order chi connectivity index (χ0) is 34.4. The van der Waals surface area contributed by atoms with Gasteiger partial charge in [0.2, 0.25) is 0 Å².